The van der Waals surface area contributed by atoms with Gasteiger partial charge in [0.25, 0.3) is 0 Å². The molecular weight excluding hydrogens is 252 g/mol. The number of anilines is 1. The highest BCUT2D eigenvalue weighted by Crippen LogP contribution is 2.14. The van der Waals surface area contributed by atoms with E-state index in [4.69, 9.17) is 4.74 Å². The van der Waals surface area contributed by atoms with Crippen LogP contribution >= 0.6 is 0 Å². The average Bonchev–Trinajstić information content (AvgIpc) is 2.28. The molecule has 0 atom stereocenters. The highest BCUT2D eigenvalue weighted by molar-refractivity contribution is 7.89. The summed E-state index contributed by atoms with van der Waals surface area (Å²) < 4.78 is 31.2. The highest BCUT2D eigenvalue weighted by atomic mass is 32.2. The molecule has 0 unspecified atom stereocenters. The Bertz CT molecular complexity index is 455. The second-order valence-corrected chi connectivity index (χ2v) is 5.93. The van der Waals surface area contributed by atoms with Crippen molar-refractivity contribution in [1.29, 1.82) is 0 Å². The molecule has 0 heterocycles. The minimum absolute atomic E-state index is 0.116. The van der Waals surface area contributed by atoms with Crippen LogP contribution in [0.4, 0.5) is 5.69 Å². The van der Waals surface area contributed by atoms with Crippen molar-refractivity contribution in [1.82, 2.24) is 4.72 Å². The summed E-state index contributed by atoms with van der Waals surface area (Å²) in [6, 6.07) is 6.53. The summed E-state index contributed by atoms with van der Waals surface area (Å²) in [5.74, 6) is 0. The second kappa shape index (κ2) is 6.72. The first-order chi connectivity index (χ1) is 8.45. The normalized spacial score (nSPS) is 11.8. The Kier molecular flexibility index (Phi) is 5.58. The molecule has 0 spiro atoms. The topological polar surface area (TPSA) is 67.4 Å². The Morgan fingerprint density at radius 1 is 1.22 bits per heavy atom. The smallest absolute Gasteiger partial charge is 0.240 e. The first kappa shape index (κ1) is 14.9. The van der Waals surface area contributed by atoms with Gasteiger partial charge in [-0.25, -0.2) is 13.1 Å². The molecule has 1 aromatic rings. The van der Waals surface area contributed by atoms with Gasteiger partial charge in [0, 0.05) is 25.4 Å². The molecule has 18 heavy (non-hydrogen) atoms. The fourth-order valence-electron chi connectivity index (χ4n) is 1.43. The van der Waals surface area contributed by atoms with Crippen molar-refractivity contribution in [3.63, 3.8) is 0 Å². The van der Waals surface area contributed by atoms with Gasteiger partial charge in [-0.1, -0.05) is 0 Å². The summed E-state index contributed by atoms with van der Waals surface area (Å²) in [6.45, 7) is 4.87. The summed E-state index contributed by atoms with van der Waals surface area (Å²) in [7, 11) is -1.77. The summed E-state index contributed by atoms with van der Waals surface area (Å²) in [6.07, 6.45) is 0. The number of sulfonamides is 1. The predicted octanol–water partition coefficient (Wildman–Crippen LogP) is 1.43. The lowest BCUT2D eigenvalue weighted by molar-refractivity contribution is 0.211. The Balaban J connectivity index is 2.70. The minimum atomic E-state index is -3.40. The van der Waals surface area contributed by atoms with E-state index in [0.29, 0.717) is 13.2 Å². The van der Waals surface area contributed by atoms with Crippen molar-refractivity contribution in [2.45, 2.75) is 24.8 Å². The van der Waals surface area contributed by atoms with Gasteiger partial charge in [-0.2, -0.15) is 0 Å². The molecular formula is C12H20N2O3S. The largest absolute Gasteiger partial charge is 0.383 e. The first-order valence-electron chi connectivity index (χ1n) is 5.81. The lowest BCUT2D eigenvalue weighted by atomic mass is 10.3. The maximum Gasteiger partial charge on any atom is 0.240 e. The number of ether oxygens (including phenoxy) is 1. The van der Waals surface area contributed by atoms with E-state index in [2.05, 4.69) is 10.0 Å². The van der Waals surface area contributed by atoms with Gasteiger partial charge < -0.3 is 10.1 Å². The fourth-order valence-corrected chi connectivity index (χ4v) is 2.68. The van der Waals surface area contributed by atoms with E-state index in [1.54, 1.807) is 45.2 Å². The van der Waals surface area contributed by atoms with Crippen molar-refractivity contribution in [3.05, 3.63) is 24.3 Å². The van der Waals surface area contributed by atoms with E-state index in [1.165, 1.54) is 0 Å². The zero-order valence-corrected chi connectivity index (χ0v) is 11.8. The minimum Gasteiger partial charge on any atom is -0.383 e. The molecule has 6 heteroatoms. The second-order valence-electron chi connectivity index (χ2n) is 4.22. The number of methoxy groups -OCH3 is 1. The third-order valence-corrected chi connectivity index (χ3v) is 3.87. The zero-order chi connectivity index (χ0) is 13.6. The first-order valence-corrected chi connectivity index (χ1v) is 7.29. The van der Waals surface area contributed by atoms with Crippen LogP contribution in [0.3, 0.4) is 0 Å². The fraction of sp³-hybridized carbons (Fsp3) is 0.500. The lowest BCUT2D eigenvalue weighted by Gasteiger charge is -2.10. The molecule has 0 aliphatic rings. The van der Waals surface area contributed by atoms with E-state index in [1.807, 2.05) is 0 Å². The monoisotopic (exact) mass is 272 g/mol. The number of hydrogen-bond acceptors (Lipinski definition) is 4. The SMILES string of the molecule is COCCNc1ccc(S(=O)(=O)NC(C)C)cc1. The van der Waals surface area contributed by atoms with Crippen LogP contribution in [0.2, 0.25) is 0 Å². The van der Waals surface area contributed by atoms with Crippen LogP contribution in [0.1, 0.15) is 13.8 Å². The lowest BCUT2D eigenvalue weighted by Crippen LogP contribution is -2.30. The molecule has 0 saturated heterocycles. The van der Waals surface area contributed by atoms with Gasteiger partial charge in [0.05, 0.1) is 11.5 Å². The van der Waals surface area contributed by atoms with Crippen LogP contribution in [-0.2, 0) is 14.8 Å². The highest BCUT2D eigenvalue weighted by Gasteiger charge is 2.14. The summed E-state index contributed by atoms with van der Waals surface area (Å²) in [5, 5.41) is 3.12. The number of hydrogen-bond donors (Lipinski definition) is 2. The molecule has 0 saturated carbocycles. The van der Waals surface area contributed by atoms with Crippen LogP contribution in [-0.4, -0.2) is 34.7 Å². The molecule has 1 rings (SSSR count). The summed E-state index contributed by atoms with van der Waals surface area (Å²) in [4.78, 5) is 0.272. The van der Waals surface area contributed by atoms with Gasteiger partial charge >= 0.3 is 0 Å². The van der Waals surface area contributed by atoms with E-state index < -0.39 is 10.0 Å². The van der Waals surface area contributed by atoms with Gasteiger partial charge in [-0.05, 0) is 38.1 Å². The van der Waals surface area contributed by atoms with E-state index >= 15 is 0 Å². The Morgan fingerprint density at radius 2 is 1.83 bits per heavy atom. The van der Waals surface area contributed by atoms with Crippen molar-refractivity contribution in [3.8, 4) is 0 Å². The third-order valence-electron chi connectivity index (χ3n) is 2.19. The van der Waals surface area contributed by atoms with Gasteiger partial charge in [0.15, 0.2) is 0 Å². The summed E-state index contributed by atoms with van der Waals surface area (Å²) in [5.41, 5.74) is 0.871. The predicted molar refractivity (Wildman–Crippen MR) is 72.3 cm³/mol. The average molecular weight is 272 g/mol. The van der Waals surface area contributed by atoms with Gasteiger partial charge in [0.2, 0.25) is 10.0 Å². The maximum atomic E-state index is 11.9. The van der Waals surface area contributed by atoms with E-state index in [9.17, 15) is 8.42 Å². The van der Waals surface area contributed by atoms with Gasteiger partial charge in [-0.15, -0.1) is 0 Å². The molecule has 0 aromatic heterocycles. The molecule has 5 nitrogen and oxygen atoms in total. The molecule has 0 fully saturated rings. The molecule has 0 bridgehead atoms. The Hall–Kier alpha value is -1.11. The molecule has 0 aliphatic carbocycles. The molecule has 102 valence electrons. The number of rotatable bonds is 7. The van der Waals surface area contributed by atoms with E-state index in [-0.39, 0.29) is 10.9 Å². The van der Waals surface area contributed by atoms with Crippen molar-refractivity contribution in [2.24, 2.45) is 0 Å². The molecule has 0 radical (unpaired) electrons. The van der Waals surface area contributed by atoms with Gasteiger partial charge in [-0.3, -0.25) is 0 Å². The van der Waals surface area contributed by atoms with E-state index in [0.717, 1.165) is 5.69 Å². The van der Waals surface area contributed by atoms with Crippen LogP contribution in [0.15, 0.2) is 29.2 Å². The van der Waals surface area contributed by atoms with Crippen LogP contribution < -0.4 is 10.0 Å². The van der Waals surface area contributed by atoms with Crippen LogP contribution in [0, 0.1) is 0 Å². The maximum absolute atomic E-state index is 11.9. The van der Waals surface area contributed by atoms with Crippen LogP contribution in [0.5, 0.6) is 0 Å². The third kappa shape index (κ3) is 4.64. The van der Waals surface area contributed by atoms with Crippen molar-refractivity contribution < 1.29 is 13.2 Å². The van der Waals surface area contributed by atoms with Crippen molar-refractivity contribution in [2.75, 3.05) is 25.6 Å². The van der Waals surface area contributed by atoms with Gasteiger partial charge in [0.1, 0.15) is 0 Å². The zero-order valence-electron chi connectivity index (χ0n) is 10.9. The number of nitrogens with one attached hydrogen (secondary N) is 2. The quantitative estimate of drug-likeness (QED) is 0.737. The Labute approximate surface area is 109 Å². The standard InChI is InChI=1S/C12H20N2O3S/c1-10(2)14-18(15,16)12-6-4-11(5-7-12)13-8-9-17-3/h4-7,10,13-14H,8-9H2,1-3H3. The molecule has 0 amide bonds. The molecule has 1 aromatic carbocycles. The van der Waals surface area contributed by atoms with Crippen LogP contribution in [0.25, 0.3) is 0 Å². The Morgan fingerprint density at radius 3 is 2.33 bits per heavy atom. The molecule has 2 N–H and O–H groups in total. The summed E-state index contributed by atoms with van der Waals surface area (Å²) >= 11 is 0. The molecule has 0 aliphatic heterocycles. The van der Waals surface area contributed by atoms with Crippen molar-refractivity contribution >= 4 is 15.7 Å². The number of benzene rings is 1.